The van der Waals surface area contributed by atoms with Crippen molar-refractivity contribution in [2.24, 2.45) is 0 Å². The summed E-state index contributed by atoms with van der Waals surface area (Å²) < 4.78 is 0. The van der Waals surface area contributed by atoms with Gasteiger partial charge in [0, 0.05) is 10.4 Å². The van der Waals surface area contributed by atoms with E-state index in [1.54, 1.807) is 0 Å². The number of aromatic nitrogens is 1. The molecule has 1 aromatic carbocycles. The molecule has 0 bridgehead atoms. The molecular formula is C10H9ClN2. The Labute approximate surface area is 81.3 Å². The summed E-state index contributed by atoms with van der Waals surface area (Å²) in [4.78, 5) is 4.33. The van der Waals surface area contributed by atoms with E-state index in [9.17, 15) is 0 Å². The molecule has 13 heavy (non-hydrogen) atoms. The summed E-state index contributed by atoms with van der Waals surface area (Å²) in [6, 6.07) is 7.47. The minimum atomic E-state index is 0.703. The first-order valence-corrected chi connectivity index (χ1v) is 4.37. The number of benzene rings is 1. The molecule has 66 valence electrons. The lowest BCUT2D eigenvalue weighted by Gasteiger charge is -2.02. The van der Waals surface area contributed by atoms with Gasteiger partial charge in [0.25, 0.3) is 0 Å². The smallest absolute Gasteiger partial charge is 0.0707 e. The number of pyridine rings is 1. The Hall–Kier alpha value is -1.28. The Bertz CT molecular complexity index is 466. The van der Waals surface area contributed by atoms with E-state index < -0.39 is 0 Å². The first kappa shape index (κ1) is 8.32. The highest BCUT2D eigenvalue weighted by Gasteiger charge is 1.99. The minimum Gasteiger partial charge on any atom is -0.397 e. The van der Waals surface area contributed by atoms with Gasteiger partial charge < -0.3 is 5.73 Å². The number of rotatable bonds is 0. The molecule has 0 atom stereocenters. The monoisotopic (exact) mass is 192 g/mol. The molecule has 0 aliphatic heterocycles. The third-order valence-electron chi connectivity index (χ3n) is 2.01. The number of hydrogen-bond donors (Lipinski definition) is 1. The Morgan fingerprint density at radius 2 is 2.08 bits per heavy atom. The van der Waals surface area contributed by atoms with Crippen LogP contribution in [0.25, 0.3) is 10.9 Å². The average molecular weight is 193 g/mol. The van der Waals surface area contributed by atoms with Gasteiger partial charge in [0.15, 0.2) is 0 Å². The van der Waals surface area contributed by atoms with Crippen molar-refractivity contribution in [1.82, 2.24) is 4.98 Å². The van der Waals surface area contributed by atoms with Gasteiger partial charge in [0.2, 0.25) is 0 Å². The fraction of sp³-hybridized carbons (Fsp3) is 0.100. The average Bonchev–Trinajstić information content (AvgIpc) is 2.08. The lowest BCUT2D eigenvalue weighted by atomic mass is 10.2. The van der Waals surface area contributed by atoms with Gasteiger partial charge in [-0.05, 0) is 31.2 Å². The van der Waals surface area contributed by atoms with Crippen LogP contribution in [0, 0.1) is 6.92 Å². The number of halogens is 1. The van der Waals surface area contributed by atoms with Crippen LogP contribution >= 0.6 is 11.6 Å². The maximum absolute atomic E-state index is 5.84. The van der Waals surface area contributed by atoms with E-state index in [-0.39, 0.29) is 0 Å². The molecule has 0 saturated heterocycles. The molecule has 2 aromatic rings. The third-order valence-corrected chi connectivity index (χ3v) is 2.24. The Balaban J connectivity index is 2.81. The fourth-order valence-corrected chi connectivity index (χ4v) is 1.44. The van der Waals surface area contributed by atoms with Gasteiger partial charge >= 0.3 is 0 Å². The van der Waals surface area contributed by atoms with E-state index >= 15 is 0 Å². The molecule has 0 aliphatic rings. The van der Waals surface area contributed by atoms with Crippen molar-refractivity contribution in [2.75, 3.05) is 5.73 Å². The zero-order valence-electron chi connectivity index (χ0n) is 7.21. The first-order chi connectivity index (χ1) is 6.16. The number of anilines is 1. The fourth-order valence-electron chi connectivity index (χ4n) is 1.26. The summed E-state index contributed by atoms with van der Waals surface area (Å²) in [5, 5.41) is 1.69. The van der Waals surface area contributed by atoms with Gasteiger partial charge in [-0.15, -0.1) is 0 Å². The Morgan fingerprint density at radius 3 is 2.85 bits per heavy atom. The van der Waals surface area contributed by atoms with Crippen LogP contribution in [0.1, 0.15) is 5.69 Å². The predicted octanol–water partition coefficient (Wildman–Crippen LogP) is 2.78. The van der Waals surface area contributed by atoms with Crippen molar-refractivity contribution in [1.29, 1.82) is 0 Å². The molecule has 0 saturated carbocycles. The van der Waals surface area contributed by atoms with Crippen LogP contribution in [0.15, 0.2) is 24.3 Å². The van der Waals surface area contributed by atoms with Crippen LogP contribution in [-0.4, -0.2) is 4.98 Å². The van der Waals surface area contributed by atoms with E-state index in [0.29, 0.717) is 10.7 Å². The molecule has 0 aliphatic carbocycles. The standard InChI is InChI=1S/C10H9ClN2/c1-6-9(12)5-7-4-8(11)2-3-10(7)13-6/h2-5H,12H2,1H3. The van der Waals surface area contributed by atoms with Crippen LogP contribution < -0.4 is 5.73 Å². The first-order valence-electron chi connectivity index (χ1n) is 3.99. The maximum Gasteiger partial charge on any atom is 0.0707 e. The highest BCUT2D eigenvalue weighted by atomic mass is 35.5. The predicted molar refractivity (Wildman–Crippen MR) is 55.9 cm³/mol. The molecule has 2 rings (SSSR count). The van der Waals surface area contributed by atoms with Gasteiger partial charge in [-0.2, -0.15) is 0 Å². The summed E-state index contributed by atoms with van der Waals surface area (Å²) in [7, 11) is 0. The van der Waals surface area contributed by atoms with E-state index in [0.717, 1.165) is 16.6 Å². The van der Waals surface area contributed by atoms with Crippen LogP contribution in [0.2, 0.25) is 5.02 Å². The minimum absolute atomic E-state index is 0.703. The topological polar surface area (TPSA) is 38.9 Å². The van der Waals surface area contributed by atoms with Gasteiger partial charge in [-0.1, -0.05) is 11.6 Å². The second kappa shape index (κ2) is 2.89. The van der Waals surface area contributed by atoms with Crippen molar-refractivity contribution in [2.45, 2.75) is 6.92 Å². The molecular weight excluding hydrogens is 184 g/mol. The molecule has 0 fully saturated rings. The van der Waals surface area contributed by atoms with Gasteiger partial charge in [-0.25, -0.2) is 0 Å². The summed E-state index contributed by atoms with van der Waals surface area (Å²) in [5.74, 6) is 0. The SMILES string of the molecule is Cc1nc2ccc(Cl)cc2cc1N. The molecule has 0 unspecified atom stereocenters. The van der Waals surface area contributed by atoms with E-state index in [2.05, 4.69) is 4.98 Å². The van der Waals surface area contributed by atoms with E-state index in [1.807, 2.05) is 31.2 Å². The van der Waals surface area contributed by atoms with Crippen molar-refractivity contribution >= 4 is 28.2 Å². The summed E-state index contributed by atoms with van der Waals surface area (Å²) in [6.07, 6.45) is 0. The Kier molecular flexibility index (Phi) is 1.85. The second-order valence-corrected chi connectivity index (χ2v) is 3.44. The maximum atomic E-state index is 5.84. The zero-order chi connectivity index (χ0) is 9.42. The van der Waals surface area contributed by atoms with Crippen molar-refractivity contribution < 1.29 is 0 Å². The van der Waals surface area contributed by atoms with Gasteiger partial charge in [0.05, 0.1) is 16.9 Å². The van der Waals surface area contributed by atoms with Crippen molar-refractivity contribution in [3.05, 3.63) is 35.0 Å². The molecule has 3 heteroatoms. The van der Waals surface area contributed by atoms with Crippen LogP contribution in [0.3, 0.4) is 0 Å². The summed E-state index contributed by atoms with van der Waals surface area (Å²) in [6.45, 7) is 1.89. The number of fused-ring (bicyclic) bond motifs is 1. The number of nitrogen functional groups attached to an aromatic ring is 1. The number of nitrogens with zero attached hydrogens (tertiary/aromatic N) is 1. The van der Waals surface area contributed by atoms with E-state index in [1.165, 1.54) is 0 Å². The van der Waals surface area contributed by atoms with Gasteiger partial charge in [-0.3, -0.25) is 4.98 Å². The van der Waals surface area contributed by atoms with Crippen molar-refractivity contribution in [3.8, 4) is 0 Å². The highest BCUT2D eigenvalue weighted by molar-refractivity contribution is 6.31. The normalized spacial score (nSPS) is 10.6. The second-order valence-electron chi connectivity index (χ2n) is 3.00. The van der Waals surface area contributed by atoms with Crippen LogP contribution in [0.5, 0.6) is 0 Å². The molecule has 2 nitrogen and oxygen atoms in total. The molecule has 1 aromatic heterocycles. The third kappa shape index (κ3) is 1.45. The Morgan fingerprint density at radius 1 is 1.31 bits per heavy atom. The molecule has 0 radical (unpaired) electrons. The number of hydrogen-bond acceptors (Lipinski definition) is 2. The molecule has 2 N–H and O–H groups in total. The van der Waals surface area contributed by atoms with E-state index in [4.69, 9.17) is 17.3 Å². The lowest BCUT2D eigenvalue weighted by Crippen LogP contribution is -1.92. The highest BCUT2D eigenvalue weighted by Crippen LogP contribution is 2.21. The number of aryl methyl sites for hydroxylation is 1. The summed E-state index contributed by atoms with van der Waals surface area (Å²) >= 11 is 5.84. The van der Waals surface area contributed by atoms with Gasteiger partial charge in [0.1, 0.15) is 0 Å². The number of nitrogens with two attached hydrogens (primary N) is 1. The van der Waals surface area contributed by atoms with Crippen LogP contribution in [-0.2, 0) is 0 Å². The zero-order valence-corrected chi connectivity index (χ0v) is 7.97. The molecule has 0 amide bonds. The molecule has 1 heterocycles. The largest absolute Gasteiger partial charge is 0.397 e. The van der Waals surface area contributed by atoms with Crippen molar-refractivity contribution in [3.63, 3.8) is 0 Å². The summed E-state index contributed by atoms with van der Waals surface area (Å²) in [5.41, 5.74) is 8.22. The van der Waals surface area contributed by atoms with Crippen LogP contribution in [0.4, 0.5) is 5.69 Å². The lowest BCUT2D eigenvalue weighted by molar-refractivity contribution is 1.26. The quantitative estimate of drug-likeness (QED) is 0.697. The molecule has 0 spiro atoms.